The van der Waals surface area contributed by atoms with Crippen LogP contribution in [0.5, 0.6) is 0 Å². The Hall–Kier alpha value is 0.0700. The third-order valence-electron chi connectivity index (χ3n) is 1.31. The van der Waals surface area contributed by atoms with Gasteiger partial charge in [0.1, 0.15) is 0 Å². The largest absolute Gasteiger partial charge is 0.376 e. The minimum atomic E-state index is -0.768. The Morgan fingerprint density at radius 2 is 2.40 bits per heavy atom. The first-order chi connectivity index (χ1) is 4.79. The molecule has 0 aromatic heterocycles. The van der Waals surface area contributed by atoms with Crippen molar-refractivity contribution in [3.8, 4) is 0 Å². The zero-order valence-corrected chi connectivity index (χ0v) is 6.86. The van der Waals surface area contributed by atoms with E-state index in [1.54, 1.807) is 6.26 Å². The lowest BCUT2D eigenvalue weighted by Gasteiger charge is -2.21. The summed E-state index contributed by atoms with van der Waals surface area (Å²) in [6, 6.07) is 0. The van der Waals surface area contributed by atoms with Gasteiger partial charge in [0.25, 0.3) is 0 Å². The van der Waals surface area contributed by atoms with Crippen LogP contribution in [0.25, 0.3) is 0 Å². The molecule has 0 amide bonds. The van der Waals surface area contributed by atoms with E-state index in [1.165, 1.54) is 0 Å². The molecule has 2 atom stereocenters. The molecule has 2 unspecified atom stereocenters. The molecule has 0 aromatic carbocycles. The summed E-state index contributed by atoms with van der Waals surface area (Å²) in [6.07, 6.45) is 1.73. The van der Waals surface area contributed by atoms with Gasteiger partial charge in [-0.05, 0) is 0 Å². The van der Waals surface area contributed by atoms with Gasteiger partial charge in [-0.25, -0.2) is 0 Å². The fourth-order valence-corrected chi connectivity index (χ4v) is 1.61. The zero-order chi connectivity index (χ0) is 7.40. The van der Waals surface area contributed by atoms with Crippen molar-refractivity contribution in [3.63, 3.8) is 0 Å². The summed E-state index contributed by atoms with van der Waals surface area (Å²) in [5.74, 6) is 0.597. The number of rotatable bonds is 2. The molecule has 0 bridgehead atoms. The van der Waals surface area contributed by atoms with E-state index in [2.05, 4.69) is 0 Å². The maximum absolute atomic E-state index is 10.7. The molecule has 1 fully saturated rings. The van der Waals surface area contributed by atoms with Gasteiger partial charge in [-0.15, -0.1) is 0 Å². The van der Waals surface area contributed by atoms with Crippen molar-refractivity contribution in [2.45, 2.75) is 6.10 Å². The average molecular weight is 164 g/mol. The highest BCUT2D eigenvalue weighted by atomic mass is 32.2. The van der Waals surface area contributed by atoms with Gasteiger partial charge in [-0.3, -0.25) is 4.21 Å². The van der Waals surface area contributed by atoms with E-state index in [-0.39, 0.29) is 6.10 Å². The molecular weight excluding hydrogens is 152 g/mol. The molecule has 0 radical (unpaired) electrons. The Morgan fingerprint density at radius 3 is 2.90 bits per heavy atom. The van der Waals surface area contributed by atoms with Crippen LogP contribution in [0.4, 0.5) is 0 Å². The molecule has 1 rings (SSSR count). The second-order valence-electron chi connectivity index (χ2n) is 2.31. The quantitative estimate of drug-likeness (QED) is 0.566. The summed E-state index contributed by atoms with van der Waals surface area (Å²) in [7, 11) is -0.768. The van der Waals surface area contributed by atoms with Crippen molar-refractivity contribution >= 4 is 10.8 Å². The Kier molecular flexibility index (Phi) is 3.31. The highest BCUT2D eigenvalue weighted by Crippen LogP contribution is 2.01. The topological polar surface area (TPSA) is 35.5 Å². The molecule has 60 valence electrons. The molecular formula is C6H12O3S. The van der Waals surface area contributed by atoms with Gasteiger partial charge in [-0.1, -0.05) is 0 Å². The van der Waals surface area contributed by atoms with Crippen molar-refractivity contribution in [1.82, 2.24) is 0 Å². The molecule has 4 heteroatoms. The van der Waals surface area contributed by atoms with Crippen LogP contribution in [-0.2, 0) is 20.3 Å². The van der Waals surface area contributed by atoms with E-state index in [9.17, 15) is 4.21 Å². The van der Waals surface area contributed by atoms with Crippen LogP contribution in [0.2, 0.25) is 0 Å². The van der Waals surface area contributed by atoms with Gasteiger partial charge in [-0.2, -0.15) is 0 Å². The van der Waals surface area contributed by atoms with Crippen LogP contribution in [0.15, 0.2) is 0 Å². The molecule has 10 heavy (non-hydrogen) atoms. The lowest BCUT2D eigenvalue weighted by molar-refractivity contribution is -0.0779. The zero-order valence-electron chi connectivity index (χ0n) is 6.04. The van der Waals surface area contributed by atoms with Gasteiger partial charge < -0.3 is 9.47 Å². The first kappa shape index (κ1) is 8.17. The van der Waals surface area contributed by atoms with Crippen LogP contribution in [0, 0.1) is 0 Å². The van der Waals surface area contributed by atoms with Crippen molar-refractivity contribution in [3.05, 3.63) is 0 Å². The van der Waals surface area contributed by atoms with Crippen LogP contribution >= 0.6 is 0 Å². The van der Waals surface area contributed by atoms with Gasteiger partial charge >= 0.3 is 0 Å². The standard InChI is InChI=1S/C6H12O3S/c1-10(7)5-6-4-8-2-3-9-6/h6H,2-5H2,1H3. The summed E-state index contributed by atoms with van der Waals surface area (Å²) in [5, 5.41) is 0. The van der Waals surface area contributed by atoms with E-state index in [4.69, 9.17) is 9.47 Å². The SMILES string of the molecule is CS(=O)CC1COCCO1. The van der Waals surface area contributed by atoms with E-state index in [1.807, 2.05) is 0 Å². The second kappa shape index (κ2) is 4.05. The van der Waals surface area contributed by atoms with Crippen molar-refractivity contribution < 1.29 is 13.7 Å². The number of hydrogen-bond donors (Lipinski definition) is 0. The third-order valence-corrected chi connectivity index (χ3v) is 2.15. The molecule has 1 heterocycles. The Balaban J connectivity index is 2.19. The van der Waals surface area contributed by atoms with Gasteiger partial charge in [0, 0.05) is 17.1 Å². The number of hydrogen-bond acceptors (Lipinski definition) is 3. The lowest BCUT2D eigenvalue weighted by Crippen LogP contribution is -2.32. The van der Waals surface area contributed by atoms with Crippen LogP contribution < -0.4 is 0 Å². The Morgan fingerprint density at radius 1 is 1.60 bits per heavy atom. The summed E-state index contributed by atoms with van der Waals surface area (Å²) < 4.78 is 21.1. The summed E-state index contributed by atoms with van der Waals surface area (Å²) >= 11 is 0. The lowest BCUT2D eigenvalue weighted by atomic mass is 10.4. The van der Waals surface area contributed by atoms with Crippen molar-refractivity contribution in [2.75, 3.05) is 31.8 Å². The Labute approximate surface area is 63.2 Å². The molecule has 1 saturated heterocycles. The summed E-state index contributed by atoms with van der Waals surface area (Å²) in [5.41, 5.74) is 0. The minimum absolute atomic E-state index is 0.0552. The highest BCUT2D eigenvalue weighted by molar-refractivity contribution is 7.84. The number of ether oxygens (including phenoxy) is 2. The van der Waals surface area contributed by atoms with E-state index in [0.29, 0.717) is 25.6 Å². The monoisotopic (exact) mass is 164 g/mol. The molecule has 0 spiro atoms. The van der Waals surface area contributed by atoms with E-state index < -0.39 is 10.8 Å². The van der Waals surface area contributed by atoms with E-state index >= 15 is 0 Å². The van der Waals surface area contributed by atoms with Crippen molar-refractivity contribution in [1.29, 1.82) is 0 Å². The molecule has 0 N–H and O–H groups in total. The van der Waals surface area contributed by atoms with Gasteiger partial charge in [0.05, 0.1) is 31.7 Å². The average Bonchev–Trinajstić information content (AvgIpc) is 1.88. The molecule has 1 aliphatic heterocycles. The third kappa shape index (κ3) is 2.77. The second-order valence-corrected chi connectivity index (χ2v) is 3.79. The Bertz CT molecular complexity index is 120. The fraction of sp³-hybridized carbons (Fsp3) is 1.00. The summed E-state index contributed by atoms with van der Waals surface area (Å²) in [6.45, 7) is 1.91. The normalized spacial score (nSPS) is 29.9. The van der Waals surface area contributed by atoms with Crippen molar-refractivity contribution in [2.24, 2.45) is 0 Å². The first-order valence-electron chi connectivity index (χ1n) is 3.28. The van der Waals surface area contributed by atoms with Crippen LogP contribution in [0.3, 0.4) is 0 Å². The smallest absolute Gasteiger partial charge is 0.0924 e. The van der Waals surface area contributed by atoms with Gasteiger partial charge in [0.2, 0.25) is 0 Å². The maximum atomic E-state index is 10.7. The molecule has 3 nitrogen and oxygen atoms in total. The first-order valence-corrected chi connectivity index (χ1v) is 5.01. The maximum Gasteiger partial charge on any atom is 0.0924 e. The minimum Gasteiger partial charge on any atom is -0.376 e. The van der Waals surface area contributed by atoms with Gasteiger partial charge in [0.15, 0.2) is 0 Å². The molecule has 0 aliphatic carbocycles. The highest BCUT2D eigenvalue weighted by Gasteiger charge is 2.14. The van der Waals surface area contributed by atoms with Crippen LogP contribution in [-0.4, -0.2) is 42.1 Å². The molecule has 0 saturated carbocycles. The summed E-state index contributed by atoms with van der Waals surface area (Å²) in [4.78, 5) is 0. The molecule has 1 aliphatic rings. The van der Waals surface area contributed by atoms with E-state index in [0.717, 1.165) is 0 Å². The van der Waals surface area contributed by atoms with Crippen LogP contribution in [0.1, 0.15) is 0 Å². The molecule has 0 aromatic rings. The fourth-order valence-electron chi connectivity index (χ4n) is 0.895. The predicted octanol–water partition coefficient (Wildman–Crippen LogP) is -0.220. The predicted molar refractivity (Wildman–Crippen MR) is 39.5 cm³/mol.